The molecule has 0 aliphatic rings. The van der Waals surface area contributed by atoms with Crippen LogP contribution in [0.1, 0.15) is 23.0 Å². The molecular weight excluding hydrogens is 368 g/mol. The zero-order chi connectivity index (χ0) is 15.6. The summed E-state index contributed by atoms with van der Waals surface area (Å²) in [5.41, 5.74) is 7.94. The number of carbonyl (C=O) groups excluding carboxylic acids is 1. The van der Waals surface area contributed by atoms with Crippen LogP contribution in [0.3, 0.4) is 0 Å². The van der Waals surface area contributed by atoms with Crippen molar-refractivity contribution in [1.29, 1.82) is 0 Å². The first kappa shape index (κ1) is 18.7. The lowest BCUT2D eigenvalue weighted by Crippen LogP contribution is -2.39. The first-order valence-corrected chi connectivity index (χ1v) is 7.52. The number of halogens is 2. The van der Waals surface area contributed by atoms with E-state index >= 15 is 0 Å². The van der Waals surface area contributed by atoms with Gasteiger partial charge in [0.25, 0.3) is 5.91 Å². The SMILES string of the molecule is Cc1c(C(=O)N(C)C(C)CN)cnn1-c1cccc(Br)c1.Cl. The van der Waals surface area contributed by atoms with E-state index < -0.39 is 0 Å². The summed E-state index contributed by atoms with van der Waals surface area (Å²) in [6.07, 6.45) is 1.61. The molecule has 0 bridgehead atoms. The number of likely N-dealkylation sites (N-methyl/N-ethyl adjacent to an activating group) is 1. The minimum absolute atomic E-state index is 0. The van der Waals surface area contributed by atoms with Gasteiger partial charge >= 0.3 is 0 Å². The van der Waals surface area contributed by atoms with Gasteiger partial charge in [-0.2, -0.15) is 5.10 Å². The maximum absolute atomic E-state index is 12.5. The Morgan fingerprint density at radius 2 is 2.18 bits per heavy atom. The Morgan fingerprint density at radius 3 is 2.77 bits per heavy atom. The largest absolute Gasteiger partial charge is 0.338 e. The van der Waals surface area contributed by atoms with Gasteiger partial charge in [-0.15, -0.1) is 12.4 Å². The van der Waals surface area contributed by atoms with Gasteiger partial charge in [0.05, 0.1) is 23.1 Å². The van der Waals surface area contributed by atoms with Crippen molar-refractivity contribution in [3.63, 3.8) is 0 Å². The van der Waals surface area contributed by atoms with Crippen LogP contribution in [-0.2, 0) is 0 Å². The van der Waals surface area contributed by atoms with Gasteiger partial charge in [0.1, 0.15) is 0 Å². The van der Waals surface area contributed by atoms with Crippen molar-refractivity contribution in [2.75, 3.05) is 13.6 Å². The van der Waals surface area contributed by atoms with Crippen molar-refractivity contribution in [3.8, 4) is 5.69 Å². The zero-order valence-electron chi connectivity index (χ0n) is 12.8. The molecule has 120 valence electrons. The van der Waals surface area contributed by atoms with Gasteiger partial charge in [0.2, 0.25) is 0 Å². The highest BCUT2D eigenvalue weighted by Crippen LogP contribution is 2.19. The third kappa shape index (κ3) is 3.69. The van der Waals surface area contributed by atoms with Crippen LogP contribution >= 0.6 is 28.3 Å². The van der Waals surface area contributed by atoms with Crippen LogP contribution in [0.25, 0.3) is 5.69 Å². The molecule has 1 unspecified atom stereocenters. The number of hydrogen-bond acceptors (Lipinski definition) is 3. The lowest BCUT2D eigenvalue weighted by molar-refractivity contribution is 0.0747. The molecule has 0 saturated heterocycles. The van der Waals surface area contributed by atoms with Crippen LogP contribution in [0.4, 0.5) is 0 Å². The molecule has 1 amide bonds. The van der Waals surface area contributed by atoms with Crippen LogP contribution < -0.4 is 5.73 Å². The number of carbonyl (C=O) groups is 1. The normalized spacial score (nSPS) is 11.7. The summed E-state index contributed by atoms with van der Waals surface area (Å²) in [4.78, 5) is 14.1. The molecule has 1 aromatic heterocycles. The lowest BCUT2D eigenvalue weighted by Gasteiger charge is -2.23. The molecule has 7 heteroatoms. The number of aromatic nitrogens is 2. The van der Waals surface area contributed by atoms with Gasteiger partial charge < -0.3 is 10.6 Å². The highest BCUT2D eigenvalue weighted by molar-refractivity contribution is 9.10. The quantitative estimate of drug-likeness (QED) is 0.877. The van der Waals surface area contributed by atoms with Crippen LogP contribution in [0.15, 0.2) is 34.9 Å². The average molecular weight is 388 g/mol. The van der Waals surface area contributed by atoms with E-state index in [1.165, 1.54) is 0 Å². The fraction of sp³-hybridized carbons (Fsp3) is 0.333. The molecule has 0 spiro atoms. The van der Waals surface area contributed by atoms with E-state index in [4.69, 9.17) is 5.73 Å². The Labute approximate surface area is 145 Å². The van der Waals surface area contributed by atoms with Gasteiger partial charge in [-0.3, -0.25) is 4.79 Å². The second-order valence-electron chi connectivity index (χ2n) is 5.04. The maximum atomic E-state index is 12.5. The molecule has 2 N–H and O–H groups in total. The minimum Gasteiger partial charge on any atom is -0.338 e. The Kier molecular flexibility index (Phi) is 6.59. The second kappa shape index (κ2) is 7.76. The number of hydrogen-bond donors (Lipinski definition) is 1. The van der Waals surface area contributed by atoms with Crippen LogP contribution in [0.2, 0.25) is 0 Å². The van der Waals surface area contributed by atoms with Crippen molar-refractivity contribution in [2.24, 2.45) is 5.73 Å². The number of benzene rings is 1. The Morgan fingerprint density at radius 1 is 1.50 bits per heavy atom. The number of amides is 1. The van der Waals surface area contributed by atoms with Crippen LogP contribution in [0.5, 0.6) is 0 Å². The van der Waals surface area contributed by atoms with Gasteiger partial charge in [-0.05, 0) is 32.0 Å². The molecule has 0 aliphatic carbocycles. The summed E-state index contributed by atoms with van der Waals surface area (Å²) in [5, 5.41) is 4.33. The van der Waals surface area contributed by atoms with E-state index in [2.05, 4.69) is 21.0 Å². The molecule has 0 fully saturated rings. The molecular formula is C15H20BrClN4O. The second-order valence-corrected chi connectivity index (χ2v) is 5.95. The van der Waals surface area contributed by atoms with Crippen molar-refractivity contribution in [1.82, 2.24) is 14.7 Å². The van der Waals surface area contributed by atoms with Crippen molar-refractivity contribution < 1.29 is 4.79 Å². The average Bonchev–Trinajstić information content (AvgIpc) is 2.86. The van der Waals surface area contributed by atoms with E-state index in [9.17, 15) is 4.79 Å². The van der Waals surface area contributed by atoms with Crippen molar-refractivity contribution >= 4 is 34.2 Å². The molecule has 0 aliphatic heterocycles. The molecule has 0 radical (unpaired) electrons. The molecule has 2 aromatic rings. The van der Waals surface area contributed by atoms with E-state index in [1.54, 1.807) is 22.8 Å². The molecule has 22 heavy (non-hydrogen) atoms. The summed E-state index contributed by atoms with van der Waals surface area (Å²) >= 11 is 3.44. The molecule has 0 saturated carbocycles. The van der Waals surface area contributed by atoms with E-state index in [-0.39, 0.29) is 24.4 Å². The van der Waals surface area contributed by atoms with E-state index in [1.807, 2.05) is 38.1 Å². The molecule has 5 nitrogen and oxygen atoms in total. The first-order valence-electron chi connectivity index (χ1n) is 6.73. The van der Waals surface area contributed by atoms with E-state index in [0.717, 1.165) is 15.9 Å². The van der Waals surface area contributed by atoms with Gasteiger partial charge in [-0.25, -0.2) is 4.68 Å². The lowest BCUT2D eigenvalue weighted by atomic mass is 10.2. The third-order valence-electron chi connectivity index (χ3n) is 3.62. The summed E-state index contributed by atoms with van der Waals surface area (Å²) in [5.74, 6) is -0.0632. The fourth-order valence-electron chi connectivity index (χ4n) is 2.04. The van der Waals surface area contributed by atoms with Gasteiger partial charge in [0.15, 0.2) is 0 Å². The number of nitrogens with zero attached hydrogens (tertiary/aromatic N) is 3. The third-order valence-corrected chi connectivity index (χ3v) is 4.11. The molecule has 1 heterocycles. The van der Waals surface area contributed by atoms with Crippen LogP contribution in [0, 0.1) is 6.92 Å². The van der Waals surface area contributed by atoms with Gasteiger partial charge in [0, 0.05) is 24.1 Å². The Hall–Kier alpha value is -1.37. The van der Waals surface area contributed by atoms with Crippen molar-refractivity contribution in [2.45, 2.75) is 19.9 Å². The first-order chi connectivity index (χ1) is 9.95. The summed E-state index contributed by atoms with van der Waals surface area (Å²) in [6.45, 7) is 4.25. The predicted molar refractivity (Wildman–Crippen MR) is 93.9 cm³/mol. The van der Waals surface area contributed by atoms with Gasteiger partial charge in [-0.1, -0.05) is 22.0 Å². The number of nitrogens with two attached hydrogens (primary N) is 1. The van der Waals surface area contributed by atoms with E-state index in [0.29, 0.717) is 12.1 Å². The monoisotopic (exact) mass is 386 g/mol. The highest BCUT2D eigenvalue weighted by atomic mass is 79.9. The maximum Gasteiger partial charge on any atom is 0.257 e. The summed E-state index contributed by atoms with van der Waals surface area (Å²) < 4.78 is 2.73. The molecule has 2 rings (SSSR count). The highest BCUT2D eigenvalue weighted by Gasteiger charge is 2.21. The molecule has 1 aromatic carbocycles. The topological polar surface area (TPSA) is 64.2 Å². The Balaban J connectivity index is 0.00000242. The summed E-state index contributed by atoms with van der Waals surface area (Å²) in [6, 6.07) is 7.78. The minimum atomic E-state index is -0.0632. The standard InChI is InChI=1S/C15H19BrN4O.ClH/c1-10(8-17)19(3)15(21)14-9-18-20(11(14)2)13-6-4-5-12(16)7-13;/h4-7,9-10H,8,17H2,1-3H3;1H. The van der Waals surface area contributed by atoms with Crippen molar-refractivity contribution in [3.05, 3.63) is 46.2 Å². The Bertz CT molecular complexity index is 659. The smallest absolute Gasteiger partial charge is 0.257 e. The summed E-state index contributed by atoms with van der Waals surface area (Å²) in [7, 11) is 1.76. The zero-order valence-corrected chi connectivity index (χ0v) is 15.2. The number of rotatable bonds is 4. The molecule has 1 atom stereocenters. The van der Waals surface area contributed by atoms with Crippen LogP contribution in [-0.4, -0.2) is 40.2 Å². The fourth-order valence-corrected chi connectivity index (χ4v) is 2.42. The predicted octanol–water partition coefficient (Wildman–Crippen LogP) is 2.78.